The highest BCUT2D eigenvalue weighted by Gasteiger charge is 2.45. The zero-order chi connectivity index (χ0) is 9.31. The van der Waals surface area contributed by atoms with E-state index in [4.69, 9.17) is 5.73 Å². The summed E-state index contributed by atoms with van der Waals surface area (Å²) in [5.74, 6) is 0. The molecule has 0 radical (unpaired) electrons. The third kappa shape index (κ3) is 1.29. The standard InChI is InChI=1S/C10H15N3/c1-2-7-13-9(3-6-12-13)10(8-11)4-5-10/h2-3,6H,1,4-5,7-8,11H2. The second kappa shape index (κ2) is 3.00. The molecule has 1 fully saturated rings. The lowest BCUT2D eigenvalue weighted by Gasteiger charge is -2.13. The Bertz CT molecular complexity index is 310. The number of aromatic nitrogens is 2. The molecule has 0 spiro atoms. The van der Waals surface area contributed by atoms with Crippen molar-refractivity contribution in [2.75, 3.05) is 6.54 Å². The van der Waals surface area contributed by atoms with Crippen molar-refractivity contribution < 1.29 is 0 Å². The van der Waals surface area contributed by atoms with Gasteiger partial charge in [-0.15, -0.1) is 6.58 Å². The molecule has 2 rings (SSSR count). The van der Waals surface area contributed by atoms with Crippen LogP contribution in [-0.4, -0.2) is 16.3 Å². The minimum absolute atomic E-state index is 0.236. The van der Waals surface area contributed by atoms with Gasteiger partial charge in [0.15, 0.2) is 0 Å². The highest BCUT2D eigenvalue weighted by molar-refractivity contribution is 5.25. The van der Waals surface area contributed by atoms with Gasteiger partial charge in [-0.2, -0.15) is 5.10 Å². The molecule has 2 N–H and O–H groups in total. The van der Waals surface area contributed by atoms with Crippen molar-refractivity contribution in [3.8, 4) is 0 Å². The summed E-state index contributed by atoms with van der Waals surface area (Å²) in [5.41, 5.74) is 7.27. The quantitative estimate of drug-likeness (QED) is 0.699. The van der Waals surface area contributed by atoms with Gasteiger partial charge >= 0.3 is 0 Å². The highest BCUT2D eigenvalue weighted by Crippen LogP contribution is 2.46. The first-order valence-electron chi connectivity index (χ1n) is 4.66. The Balaban J connectivity index is 2.28. The van der Waals surface area contributed by atoms with Crippen LogP contribution in [-0.2, 0) is 12.0 Å². The molecular weight excluding hydrogens is 162 g/mol. The third-order valence-corrected chi connectivity index (χ3v) is 2.81. The molecule has 1 aromatic heterocycles. The predicted molar refractivity (Wildman–Crippen MR) is 52.4 cm³/mol. The zero-order valence-corrected chi connectivity index (χ0v) is 7.74. The molecule has 1 aromatic rings. The maximum absolute atomic E-state index is 5.76. The van der Waals surface area contributed by atoms with Crippen molar-refractivity contribution in [2.24, 2.45) is 5.73 Å². The lowest BCUT2D eigenvalue weighted by Crippen LogP contribution is -2.23. The van der Waals surface area contributed by atoms with Crippen molar-refractivity contribution in [2.45, 2.75) is 24.8 Å². The van der Waals surface area contributed by atoms with E-state index in [2.05, 4.69) is 17.7 Å². The Hall–Kier alpha value is -1.09. The Morgan fingerprint density at radius 3 is 3.00 bits per heavy atom. The van der Waals surface area contributed by atoms with E-state index in [9.17, 15) is 0 Å². The van der Waals surface area contributed by atoms with Crippen molar-refractivity contribution in [1.29, 1.82) is 0 Å². The van der Waals surface area contributed by atoms with Crippen molar-refractivity contribution in [1.82, 2.24) is 9.78 Å². The average molecular weight is 177 g/mol. The van der Waals surface area contributed by atoms with E-state index in [-0.39, 0.29) is 5.41 Å². The fraction of sp³-hybridized carbons (Fsp3) is 0.500. The summed E-state index contributed by atoms with van der Waals surface area (Å²) in [6.45, 7) is 5.23. The minimum Gasteiger partial charge on any atom is -0.330 e. The van der Waals surface area contributed by atoms with Crippen LogP contribution >= 0.6 is 0 Å². The highest BCUT2D eigenvalue weighted by atomic mass is 15.3. The van der Waals surface area contributed by atoms with Gasteiger partial charge in [-0.05, 0) is 18.9 Å². The van der Waals surface area contributed by atoms with Crippen LogP contribution in [0.25, 0.3) is 0 Å². The lowest BCUT2D eigenvalue weighted by molar-refractivity contribution is 0.577. The number of rotatable bonds is 4. The predicted octanol–water partition coefficient (Wildman–Crippen LogP) is 1.06. The summed E-state index contributed by atoms with van der Waals surface area (Å²) in [6, 6.07) is 2.07. The topological polar surface area (TPSA) is 43.8 Å². The molecule has 0 aromatic carbocycles. The molecule has 3 nitrogen and oxygen atoms in total. The molecule has 0 saturated heterocycles. The number of nitrogens with zero attached hydrogens (tertiary/aromatic N) is 2. The summed E-state index contributed by atoms with van der Waals surface area (Å²) in [5, 5.41) is 4.25. The van der Waals surface area contributed by atoms with Crippen LogP contribution in [0.2, 0.25) is 0 Å². The SMILES string of the molecule is C=CCn1nccc1C1(CN)CC1. The lowest BCUT2D eigenvalue weighted by atomic mass is 10.0. The molecule has 0 atom stereocenters. The van der Waals surface area contributed by atoms with Crippen LogP contribution in [0.4, 0.5) is 0 Å². The number of allylic oxidation sites excluding steroid dienone is 1. The number of hydrogen-bond donors (Lipinski definition) is 1. The molecule has 0 unspecified atom stereocenters. The fourth-order valence-electron chi connectivity index (χ4n) is 1.77. The van der Waals surface area contributed by atoms with Crippen LogP contribution in [0.3, 0.4) is 0 Å². The Morgan fingerprint density at radius 1 is 1.69 bits per heavy atom. The van der Waals surface area contributed by atoms with Gasteiger partial charge in [-0.25, -0.2) is 0 Å². The molecule has 1 aliphatic rings. The molecule has 13 heavy (non-hydrogen) atoms. The van der Waals surface area contributed by atoms with Crippen LogP contribution in [0.5, 0.6) is 0 Å². The molecule has 0 amide bonds. The van der Waals surface area contributed by atoms with Gasteiger partial charge in [-0.3, -0.25) is 4.68 Å². The van der Waals surface area contributed by atoms with Crippen LogP contribution < -0.4 is 5.73 Å². The largest absolute Gasteiger partial charge is 0.330 e. The molecule has 1 heterocycles. The summed E-state index contributed by atoms with van der Waals surface area (Å²) < 4.78 is 1.99. The van der Waals surface area contributed by atoms with E-state index < -0.39 is 0 Å². The van der Waals surface area contributed by atoms with Gasteiger partial charge in [0.25, 0.3) is 0 Å². The van der Waals surface area contributed by atoms with Gasteiger partial charge in [0.1, 0.15) is 0 Å². The van der Waals surface area contributed by atoms with Crippen molar-refractivity contribution in [3.05, 3.63) is 30.6 Å². The van der Waals surface area contributed by atoms with E-state index >= 15 is 0 Å². The molecule has 3 heteroatoms. The van der Waals surface area contributed by atoms with Gasteiger partial charge < -0.3 is 5.73 Å². The summed E-state index contributed by atoms with van der Waals surface area (Å²) in [4.78, 5) is 0. The van der Waals surface area contributed by atoms with Gasteiger partial charge in [0.2, 0.25) is 0 Å². The van der Waals surface area contributed by atoms with E-state index in [0.717, 1.165) is 13.1 Å². The normalized spacial score (nSPS) is 18.5. The van der Waals surface area contributed by atoms with Crippen molar-refractivity contribution in [3.63, 3.8) is 0 Å². The molecule has 0 bridgehead atoms. The second-order valence-corrected chi connectivity index (χ2v) is 3.67. The maximum Gasteiger partial charge on any atom is 0.0590 e. The third-order valence-electron chi connectivity index (χ3n) is 2.81. The molecule has 1 aliphatic carbocycles. The summed E-state index contributed by atoms with van der Waals surface area (Å²) in [7, 11) is 0. The smallest absolute Gasteiger partial charge is 0.0590 e. The van der Waals surface area contributed by atoms with E-state index in [1.54, 1.807) is 0 Å². The molecular formula is C10H15N3. The number of hydrogen-bond acceptors (Lipinski definition) is 2. The van der Waals surface area contributed by atoms with E-state index in [0.29, 0.717) is 0 Å². The Morgan fingerprint density at radius 2 is 2.46 bits per heavy atom. The first-order valence-corrected chi connectivity index (χ1v) is 4.66. The second-order valence-electron chi connectivity index (χ2n) is 3.67. The molecule has 1 saturated carbocycles. The zero-order valence-electron chi connectivity index (χ0n) is 7.74. The number of nitrogens with two attached hydrogens (primary N) is 1. The Kier molecular flexibility index (Phi) is 1.96. The average Bonchev–Trinajstić information content (AvgIpc) is 2.82. The van der Waals surface area contributed by atoms with Crippen LogP contribution in [0.15, 0.2) is 24.9 Å². The molecule has 70 valence electrons. The minimum atomic E-state index is 0.236. The van der Waals surface area contributed by atoms with Crippen molar-refractivity contribution >= 4 is 0 Å². The first-order chi connectivity index (χ1) is 6.32. The fourth-order valence-corrected chi connectivity index (χ4v) is 1.77. The first kappa shape index (κ1) is 8.51. The van der Waals surface area contributed by atoms with E-state index in [1.807, 2.05) is 17.0 Å². The van der Waals surface area contributed by atoms with Crippen LogP contribution in [0.1, 0.15) is 18.5 Å². The van der Waals surface area contributed by atoms with E-state index in [1.165, 1.54) is 18.5 Å². The summed E-state index contributed by atoms with van der Waals surface area (Å²) in [6.07, 6.45) is 6.11. The maximum atomic E-state index is 5.76. The Labute approximate surface area is 78.2 Å². The van der Waals surface area contributed by atoms with Gasteiger partial charge in [0, 0.05) is 23.9 Å². The molecule has 0 aliphatic heterocycles. The van der Waals surface area contributed by atoms with Crippen LogP contribution in [0, 0.1) is 0 Å². The monoisotopic (exact) mass is 177 g/mol. The van der Waals surface area contributed by atoms with Gasteiger partial charge in [-0.1, -0.05) is 6.08 Å². The van der Waals surface area contributed by atoms with Gasteiger partial charge in [0.05, 0.1) is 6.54 Å². The summed E-state index contributed by atoms with van der Waals surface area (Å²) >= 11 is 0.